The highest BCUT2D eigenvalue weighted by Gasteiger charge is 2.32. The summed E-state index contributed by atoms with van der Waals surface area (Å²) in [6.07, 6.45) is 2.33. The fourth-order valence-corrected chi connectivity index (χ4v) is 2.20. The summed E-state index contributed by atoms with van der Waals surface area (Å²) in [6, 6.07) is 1.87. The number of amidine groups is 1. The fraction of sp³-hybridized carbons (Fsp3) is 0.417. The van der Waals surface area contributed by atoms with Crippen molar-refractivity contribution in [3.05, 3.63) is 12.3 Å². The van der Waals surface area contributed by atoms with Gasteiger partial charge in [-0.05, 0) is 13.0 Å². The maximum Gasteiger partial charge on any atom is 0.229 e. The molecule has 1 aliphatic rings. The Kier molecular flexibility index (Phi) is 3.28. The SMILES string of the molecule is CC1/C(=N/N(C)C=O)N(C)c2ccnc(N)c2N1C. The average Bonchev–Trinajstić information content (AvgIpc) is 2.40. The van der Waals surface area contributed by atoms with Gasteiger partial charge in [0.2, 0.25) is 6.41 Å². The zero-order chi connectivity index (χ0) is 14.2. The average molecular weight is 262 g/mol. The van der Waals surface area contributed by atoms with E-state index in [0.717, 1.165) is 17.2 Å². The number of pyridine rings is 1. The van der Waals surface area contributed by atoms with Crippen molar-refractivity contribution in [2.24, 2.45) is 5.10 Å². The first-order valence-electron chi connectivity index (χ1n) is 5.95. The van der Waals surface area contributed by atoms with Crippen molar-refractivity contribution in [3.8, 4) is 0 Å². The summed E-state index contributed by atoms with van der Waals surface area (Å²) in [5, 5.41) is 5.56. The molecule has 0 saturated heterocycles. The van der Waals surface area contributed by atoms with Gasteiger partial charge in [0.1, 0.15) is 11.5 Å². The van der Waals surface area contributed by atoms with Crippen LogP contribution in [0.15, 0.2) is 17.4 Å². The second kappa shape index (κ2) is 4.75. The van der Waals surface area contributed by atoms with E-state index in [9.17, 15) is 4.79 Å². The number of likely N-dealkylation sites (N-methyl/N-ethyl adjacent to an activating group) is 2. The zero-order valence-corrected chi connectivity index (χ0v) is 11.5. The first kappa shape index (κ1) is 13.1. The zero-order valence-electron chi connectivity index (χ0n) is 11.5. The lowest BCUT2D eigenvalue weighted by Gasteiger charge is -2.40. The molecule has 0 saturated carbocycles. The van der Waals surface area contributed by atoms with Crippen LogP contribution in [0.25, 0.3) is 0 Å². The lowest BCUT2D eigenvalue weighted by Crippen LogP contribution is -2.50. The molecule has 0 spiro atoms. The lowest BCUT2D eigenvalue weighted by molar-refractivity contribution is -0.117. The number of fused-ring (bicyclic) bond motifs is 1. The minimum absolute atomic E-state index is 0.00796. The third-order valence-corrected chi connectivity index (χ3v) is 3.36. The molecule has 2 rings (SSSR count). The molecule has 1 atom stereocenters. The number of aromatic nitrogens is 1. The molecular weight excluding hydrogens is 244 g/mol. The lowest BCUT2D eigenvalue weighted by atomic mass is 10.1. The summed E-state index contributed by atoms with van der Waals surface area (Å²) in [5.41, 5.74) is 7.75. The van der Waals surface area contributed by atoms with Crippen LogP contribution in [0.4, 0.5) is 17.2 Å². The van der Waals surface area contributed by atoms with Crippen molar-refractivity contribution in [2.45, 2.75) is 13.0 Å². The standard InChI is InChI=1S/C12H18N6O/c1-8-12(15-16(2)7-19)18(4)9-5-6-14-11(13)10(9)17(8)3/h5-8H,1-4H3,(H2,13,14)/b15-12-. The Morgan fingerprint density at radius 1 is 1.53 bits per heavy atom. The Bertz CT molecular complexity index is 529. The summed E-state index contributed by atoms with van der Waals surface area (Å²) in [5.74, 6) is 1.26. The van der Waals surface area contributed by atoms with Crippen LogP contribution in [0.1, 0.15) is 6.92 Å². The number of carbonyl (C=O) groups excluding carboxylic acids is 1. The number of anilines is 3. The van der Waals surface area contributed by atoms with E-state index in [0.29, 0.717) is 12.2 Å². The first-order chi connectivity index (χ1) is 8.97. The van der Waals surface area contributed by atoms with Crippen LogP contribution >= 0.6 is 0 Å². The van der Waals surface area contributed by atoms with Crippen LogP contribution < -0.4 is 15.5 Å². The summed E-state index contributed by atoms with van der Waals surface area (Å²) in [6.45, 7) is 2.00. The number of hydrogen-bond acceptors (Lipinski definition) is 5. The molecule has 0 radical (unpaired) electrons. The Hall–Kier alpha value is -2.31. The number of hydrazone groups is 1. The second-order valence-corrected chi connectivity index (χ2v) is 4.55. The normalized spacial score (nSPS) is 20.4. The molecule has 2 heterocycles. The van der Waals surface area contributed by atoms with E-state index < -0.39 is 0 Å². The number of nitrogens with zero attached hydrogens (tertiary/aromatic N) is 5. The van der Waals surface area contributed by atoms with Crippen LogP contribution in [-0.2, 0) is 4.79 Å². The highest BCUT2D eigenvalue weighted by molar-refractivity contribution is 6.09. The smallest absolute Gasteiger partial charge is 0.229 e. The summed E-state index contributed by atoms with van der Waals surface area (Å²) < 4.78 is 0. The summed E-state index contributed by atoms with van der Waals surface area (Å²) in [7, 11) is 5.45. The third-order valence-electron chi connectivity index (χ3n) is 3.36. The Labute approximate surface area is 112 Å². The number of rotatable bonds is 2. The molecule has 0 aromatic carbocycles. The minimum Gasteiger partial charge on any atom is -0.382 e. The van der Waals surface area contributed by atoms with Gasteiger partial charge in [-0.1, -0.05) is 0 Å². The van der Waals surface area contributed by atoms with E-state index in [1.165, 1.54) is 5.01 Å². The van der Waals surface area contributed by atoms with E-state index in [4.69, 9.17) is 5.73 Å². The quantitative estimate of drug-likeness (QED) is 0.614. The fourth-order valence-electron chi connectivity index (χ4n) is 2.20. The number of amides is 1. The second-order valence-electron chi connectivity index (χ2n) is 4.55. The van der Waals surface area contributed by atoms with Crippen molar-refractivity contribution < 1.29 is 4.79 Å². The van der Waals surface area contributed by atoms with Crippen molar-refractivity contribution >= 4 is 29.4 Å². The molecule has 2 N–H and O–H groups in total. The first-order valence-corrected chi connectivity index (χ1v) is 5.95. The molecule has 1 aromatic heterocycles. The van der Waals surface area contributed by atoms with Gasteiger partial charge in [0.25, 0.3) is 0 Å². The van der Waals surface area contributed by atoms with Gasteiger partial charge in [-0.3, -0.25) is 4.79 Å². The molecule has 1 amide bonds. The van der Waals surface area contributed by atoms with E-state index in [1.807, 2.05) is 36.9 Å². The van der Waals surface area contributed by atoms with Crippen LogP contribution in [0.3, 0.4) is 0 Å². The molecule has 7 nitrogen and oxygen atoms in total. The van der Waals surface area contributed by atoms with Gasteiger partial charge in [0.05, 0.1) is 11.7 Å². The molecular formula is C12H18N6O. The van der Waals surface area contributed by atoms with Gasteiger partial charge in [-0.15, -0.1) is 0 Å². The van der Waals surface area contributed by atoms with Crippen molar-refractivity contribution in [3.63, 3.8) is 0 Å². The van der Waals surface area contributed by atoms with E-state index in [-0.39, 0.29) is 6.04 Å². The maximum absolute atomic E-state index is 10.7. The Morgan fingerprint density at radius 3 is 2.84 bits per heavy atom. The predicted molar refractivity (Wildman–Crippen MR) is 76.2 cm³/mol. The van der Waals surface area contributed by atoms with Crippen LogP contribution in [0, 0.1) is 0 Å². The van der Waals surface area contributed by atoms with Gasteiger partial charge < -0.3 is 15.5 Å². The van der Waals surface area contributed by atoms with Gasteiger partial charge in [-0.2, -0.15) is 5.10 Å². The number of hydrogen-bond donors (Lipinski definition) is 1. The molecule has 19 heavy (non-hydrogen) atoms. The van der Waals surface area contributed by atoms with E-state index >= 15 is 0 Å². The van der Waals surface area contributed by atoms with Gasteiger partial charge >= 0.3 is 0 Å². The van der Waals surface area contributed by atoms with Gasteiger partial charge in [0.15, 0.2) is 5.84 Å². The molecule has 0 aliphatic carbocycles. The van der Waals surface area contributed by atoms with E-state index in [1.54, 1.807) is 13.2 Å². The van der Waals surface area contributed by atoms with Crippen LogP contribution in [0.5, 0.6) is 0 Å². The van der Waals surface area contributed by atoms with Crippen molar-refractivity contribution in [2.75, 3.05) is 36.7 Å². The molecule has 0 bridgehead atoms. The van der Waals surface area contributed by atoms with Gasteiger partial charge in [0, 0.05) is 27.3 Å². The summed E-state index contributed by atoms with van der Waals surface area (Å²) >= 11 is 0. The molecule has 1 aromatic rings. The summed E-state index contributed by atoms with van der Waals surface area (Å²) in [4.78, 5) is 18.8. The topological polar surface area (TPSA) is 78.1 Å². The third kappa shape index (κ3) is 2.07. The highest BCUT2D eigenvalue weighted by Crippen LogP contribution is 2.37. The van der Waals surface area contributed by atoms with Gasteiger partial charge in [-0.25, -0.2) is 9.99 Å². The Morgan fingerprint density at radius 2 is 2.21 bits per heavy atom. The van der Waals surface area contributed by atoms with Crippen LogP contribution in [0.2, 0.25) is 0 Å². The maximum atomic E-state index is 10.7. The number of nitrogen functional groups attached to an aromatic ring is 1. The predicted octanol–water partition coefficient (Wildman–Crippen LogP) is 0.340. The molecule has 7 heteroatoms. The monoisotopic (exact) mass is 262 g/mol. The molecule has 102 valence electrons. The molecule has 1 aliphatic heterocycles. The molecule has 1 unspecified atom stereocenters. The highest BCUT2D eigenvalue weighted by atomic mass is 16.1. The minimum atomic E-state index is -0.00796. The van der Waals surface area contributed by atoms with Crippen molar-refractivity contribution in [1.82, 2.24) is 9.99 Å². The molecule has 0 fully saturated rings. The van der Waals surface area contributed by atoms with Crippen LogP contribution in [-0.4, -0.2) is 49.4 Å². The number of nitrogens with two attached hydrogens (primary N) is 1. The van der Waals surface area contributed by atoms with E-state index in [2.05, 4.69) is 10.1 Å². The van der Waals surface area contributed by atoms with Crippen molar-refractivity contribution in [1.29, 1.82) is 0 Å². The Balaban J connectivity index is 2.55. The largest absolute Gasteiger partial charge is 0.382 e. The number of carbonyl (C=O) groups is 1.